The van der Waals surface area contributed by atoms with Crippen molar-refractivity contribution >= 4 is 45.6 Å². The third-order valence-electron chi connectivity index (χ3n) is 3.77. The number of rotatable bonds is 3. The summed E-state index contributed by atoms with van der Waals surface area (Å²) in [6, 6.07) is 10.3. The fourth-order valence-electron chi connectivity index (χ4n) is 2.64. The van der Waals surface area contributed by atoms with Gasteiger partial charge in [0.1, 0.15) is 0 Å². The number of likely N-dealkylation sites (N-methyl/N-ethyl adjacent to an activating group) is 1. The highest BCUT2D eigenvalue weighted by Gasteiger charge is 2.26. The van der Waals surface area contributed by atoms with E-state index in [1.165, 1.54) is 16.0 Å². The molecule has 1 unspecified atom stereocenters. The zero-order valence-electron chi connectivity index (χ0n) is 12.2. The number of hydrogen-bond donors (Lipinski definition) is 1. The topological polar surface area (TPSA) is 32.3 Å². The molecule has 2 aromatic rings. The van der Waals surface area contributed by atoms with Crippen LogP contribution >= 0.6 is 39.7 Å². The highest BCUT2D eigenvalue weighted by molar-refractivity contribution is 9.10. The van der Waals surface area contributed by atoms with Crippen LogP contribution in [0.15, 0.2) is 40.2 Å². The monoisotopic (exact) mass is 400 g/mol. The molecule has 0 radical (unpaired) electrons. The van der Waals surface area contributed by atoms with E-state index in [-0.39, 0.29) is 24.4 Å². The van der Waals surface area contributed by atoms with Gasteiger partial charge in [-0.05, 0) is 39.5 Å². The molecule has 3 nitrogen and oxygen atoms in total. The summed E-state index contributed by atoms with van der Waals surface area (Å²) in [6.07, 6.45) is 0.771. The Balaban J connectivity index is 0.00000176. The van der Waals surface area contributed by atoms with E-state index in [1.807, 2.05) is 29.5 Å². The summed E-state index contributed by atoms with van der Waals surface area (Å²) >= 11 is 5.12. The van der Waals surface area contributed by atoms with Crippen molar-refractivity contribution in [2.75, 3.05) is 7.05 Å². The van der Waals surface area contributed by atoms with Crippen molar-refractivity contribution < 1.29 is 4.79 Å². The average molecular weight is 402 g/mol. The number of amides is 1. The number of halogens is 2. The van der Waals surface area contributed by atoms with E-state index in [2.05, 4.69) is 39.4 Å². The van der Waals surface area contributed by atoms with E-state index in [9.17, 15) is 4.79 Å². The Hall–Kier alpha value is -0.880. The number of nitrogens with one attached hydrogen (secondary N) is 1. The Morgan fingerprint density at radius 2 is 2.14 bits per heavy atom. The van der Waals surface area contributed by atoms with Gasteiger partial charge in [0.2, 0.25) is 5.91 Å². The van der Waals surface area contributed by atoms with Gasteiger partial charge in [0.15, 0.2) is 0 Å². The van der Waals surface area contributed by atoms with E-state index in [1.54, 1.807) is 11.3 Å². The summed E-state index contributed by atoms with van der Waals surface area (Å²) in [5, 5.41) is 5.39. The van der Waals surface area contributed by atoms with Crippen molar-refractivity contribution in [3.8, 4) is 0 Å². The van der Waals surface area contributed by atoms with Crippen LogP contribution in [0.2, 0.25) is 0 Å². The largest absolute Gasteiger partial charge is 0.339 e. The average Bonchev–Trinajstić information content (AvgIpc) is 2.91. The fraction of sp³-hybridized carbons (Fsp3) is 0.312. The van der Waals surface area contributed by atoms with Crippen LogP contribution in [0.1, 0.15) is 16.0 Å². The van der Waals surface area contributed by atoms with Crippen LogP contribution in [0.4, 0.5) is 0 Å². The lowest BCUT2D eigenvalue weighted by Gasteiger charge is -2.28. The first-order valence-electron chi connectivity index (χ1n) is 6.91. The van der Waals surface area contributed by atoms with Crippen molar-refractivity contribution in [3.05, 3.63) is 56.2 Å². The molecule has 0 fully saturated rings. The minimum Gasteiger partial charge on any atom is -0.339 e. The zero-order valence-corrected chi connectivity index (χ0v) is 15.4. The van der Waals surface area contributed by atoms with Crippen LogP contribution in [0.3, 0.4) is 0 Å². The Morgan fingerprint density at radius 1 is 1.41 bits per heavy atom. The molecule has 1 aromatic heterocycles. The summed E-state index contributed by atoms with van der Waals surface area (Å²) in [6.45, 7) is 1.43. The van der Waals surface area contributed by atoms with Crippen molar-refractivity contribution in [3.63, 3.8) is 0 Å². The van der Waals surface area contributed by atoms with Gasteiger partial charge < -0.3 is 10.2 Å². The second-order valence-corrected chi connectivity index (χ2v) is 7.24. The first-order chi connectivity index (χ1) is 10.1. The van der Waals surface area contributed by atoms with Crippen molar-refractivity contribution in [1.82, 2.24) is 10.2 Å². The summed E-state index contributed by atoms with van der Waals surface area (Å²) in [5.41, 5.74) is 2.58. The SMILES string of the molecule is CN(Cc1cc(Br)cs1)C(=O)C1Cc2ccccc2CN1.Cl. The van der Waals surface area contributed by atoms with Crippen LogP contribution in [0, 0.1) is 0 Å². The molecular weight excluding hydrogens is 384 g/mol. The van der Waals surface area contributed by atoms with Gasteiger partial charge >= 0.3 is 0 Å². The molecule has 0 spiro atoms. The third-order valence-corrected chi connectivity index (χ3v) is 5.45. The number of hydrogen-bond acceptors (Lipinski definition) is 3. The van der Waals surface area contributed by atoms with Crippen LogP contribution < -0.4 is 5.32 Å². The lowest BCUT2D eigenvalue weighted by Crippen LogP contribution is -2.47. The van der Waals surface area contributed by atoms with Crippen LogP contribution in [0.5, 0.6) is 0 Å². The molecule has 1 aliphatic rings. The summed E-state index contributed by atoms with van der Waals surface area (Å²) in [7, 11) is 1.87. The van der Waals surface area contributed by atoms with Crippen LogP contribution in [-0.4, -0.2) is 23.9 Å². The van der Waals surface area contributed by atoms with Gasteiger partial charge in [-0.3, -0.25) is 4.79 Å². The molecule has 1 aliphatic heterocycles. The Kier molecular flexibility index (Phi) is 6.03. The number of nitrogens with zero attached hydrogens (tertiary/aromatic N) is 1. The van der Waals surface area contributed by atoms with Gasteiger partial charge in [0, 0.05) is 28.3 Å². The molecule has 22 heavy (non-hydrogen) atoms. The molecule has 0 saturated carbocycles. The molecule has 0 saturated heterocycles. The third kappa shape index (κ3) is 3.90. The highest BCUT2D eigenvalue weighted by Crippen LogP contribution is 2.22. The van der Waals surface area contributed by atoms with Crippen molar-refractivity contribution in [2.24, 2.45) is 0 Å². The number of benzene rings is 1. The second-order valence-electron chi connectivity index (χ2n) is 5.33. The lowest BCUT2D eigenvalue weighted by atomic mass is 9.95. The van der Waals surface area contributed by atoms with Gasteiger partial charge in [-0.2, -0.15) is 0 Å². The first kappa shape index (κ1) is 17.5. The minimum atomic E-state index is -0.117. The van der Waals surface area contributed by atoms with E-state index in [0.29, 0.717) is 6.54 Å². The predicted molar refractivity (Wildman–Crippen MR) is 96.5 cm³/mol. The molecule has 1 aromatic carbocycles. The Labute approximate surface area is 149 Å². The molecule has 3 rings (SSSR count). The molecule has 0 bridgehead atoms. The maximum atomic E-state index is 12.6. The minimum absolute atomic E-state index is 0. The molecule has 6 heteroatoms. The van der Waals surface area contributed by atoms with Crippen LogP contribution in [0.25, 0.3) is 0 Å². The highest BCUT2D eigenvalue weighted by atomic mass is 79.9. The molecule has 1 amide bonds. The van der Waals surface area contributed by atoms with E-state index in [0.717, 1.165) is 17.4 Å². The van der Waals surface area contributed by atoms with E-state index in [4.69, 9.17) is 0 Å². The van der Waals surface area contributed by atoms with E-state index < -0.39 is 0 Å². The smallest absolute Gasteiger partial charge is 0.240 e. The maximum Gasteiger partial charge on any atom is 0.240 e. The van der Waals surface area contributed by atoms with Crippen molar-refractivity contribution in [2.45, 2.75) is 25.6 Å². The standard InChI is InChI=1S/C16H17BrN2OS.ClH/c1-19(9-14-7-13(17)10-21-14)16(20)15-6-11-4-2-3-5-12(11)8-18-15;/h2-5,7,10,15,18H,6,8-9H2,1H3;1H. The summed E-state index contributed by atoms with van der Waals surface area (Å²) in [5.74, 6) is 0.161. The second kappa shape index (κ2) is 7.59. The van der Waals surface area contributed by atoms with Gasteiger partial charge in [-0.1, -0.05) is 24.3 Å². The number of carbonyl (C=O) groups is 1. The molecular formula is C16H18BrClN2OS. The van der Waals surface area contributed by atoms with Crippen molar-refractivity contribution in [1.29, 1.82) is 0 Å². The normalized spacial score (nSPS) is 16.5. The number of thiophene rings is 1. The molecule has 118 valence electrons. The lowest BCUT2D eigenvalue weighted by molar-refractivity contribution is -0.132. The fourth-order valence-corrected chi connectivity index (χ4v) is 4.15. The Morgan fingerprint density at radius 3 is 2.82 bits per heavy atom. The first-order valence-corrected chi connectivity index (χ1v) is 8.59. The predicted octanol–water partition coefficient (Wildman–Crippen LogP) is 3.61. The van der Waals surface area contributed by atoms with Gasteiger partial charge in [-0.25, -0.2) is 0 Å². The maximum absolute atomic E-state index is 12.6. The summed E-state index contributed by atoms with van der Waals surface area (Å²) < 4.78 is 1.08. The zero-order chi connectivity index (χ0) is 14.8. The molecule has 1 atom stereocenters. The molecule has 0 aliphatic carbocycles. The number of carbonyl (C=O) groups excluding carboxylic acids is 1. The Bertz CT molecular complexity index is 661. The van der Waals surface area contributed by atoms with Gasteiger partial charge in [0.25, 0.3) is 0 Å². The van der Waals surface area contributed by atoms with E-state index >= 15 is 0 Å². The molecule has 1 N–H and O–H groups in total. The molecule has 2 heterocycles. The quantitative estimate of drug-likeness (QED) is 0.852. The number of fused-ring (bicyclic) bond motifs is 1. The van der Waals surface area contributed by atoms with Crippen LogP contribution in [-0.2, 0) is 24.3 Å². The van der Waals surface area contributed by atoms with Gasteiger partial charge in [-0.15, -0.1) is 23.7 Å². The summed E-state index contributed by atoms with van der Waals surface area (Å²) in [4.78, 5) is 15.6. The van der Waals surface area contributed by atoms with Gasteiger partial charge in [0.05, 0.1) is 12.6 Å².